The highest BCUT2D eigenvalue weighted by atomic mass is 79.9. The van der Waals surface area contributed by atoms with Gasteiger partial charge in [0.05, 0.1) is 0 Å². The molecule has 0 heterocycles. The van der Waals surface area contributed by atoms with Gasteiger partial charge in [-0.25, -0.2) is 8.78 Å². The molecule has 0 aromatic rings. The van der Waals surface area contributed by atoms with Crippen molar-refractivity contribution in [2.24, 2.45) is 11.8 Å². The molecule has 0 spiro atoms. The molecular weight excluding hydrogens is 242 g/mol. The van der Waals surface area contributed by atoms with Gasteiger partial charge in [-0.1, -0.05) is 15.9 Å². The molecule has 0 saturated heterocycles. The van der Waals surface area contributed by atoms with Crippen LogP contribution < -0.4 is 0 Å². The van der Waals surface area contributed by atoms with E-state index < -0.39 is 5.92 Å². The zero-order valence-corrected chi connectivity index (χ0v) is 9.06. The minimum Gasteiger partial charge on any atom is -0.396 e. The van der Waals surface area contributed by atoms with Gasteiger partial charge in [-0.2, -0.15) is 0 Å². The molecule has 0 bridgehead atoms. The monoisotopic (exact) mass is 256 g/mol. The van der Waals surface area contributed by atoms with Gasteiger partial charge in [-0.05, 0) is 24.7 Å². The lowest BCUT2D eigenvalue weighted by Gasteiger charge is -2.32. The molecule has 1 rings (SSSR count). The summed E-state index contributed by atoms with van der Waals surface area (Å²) in [6, 6.07) is 0. The summed E-state index contributed by atoms with van der Waals surface area (Å²) in [5.41, 5.74) is 0. The van der Waals surface area contributed by atoms with Crippen LogP contribution in [0.4, 0.5) is 8.78 Å². The molecule has 0 radical (unpaired) electrons. The van der Waals surface area contributed by atoms with Crippen LogP contribution in [0.15, 0.2) is 0 Å². The van der Waals surface area contributed by atoms with Crippen LogP contribution >= 0.6 is 15.9 Å². The van der Waals surface area contributed by atoms with E-state index in [-0.39, 0.29) is 31.3 Å². The summed E-state index contributed by atoms with van der Waals surface area (Å²) in [6.07, 6.45) is 1.07. The first-order chi connectivity index (χ1) is 6.09. The lowest BCUT2D eigenvalue weighted by molar-refractivity contribution is -0.0536. The van der Waals surface area contributed by atoms with Crippen LogP contribution in [0.2, 0.25) is 0 Å². The Hall–Kier alpha value is 0.300. The van der Waals surface area contributed by atoms with E-state index in [1.807, 2.05) is 0 Å². The average Bonchev–Trinajstić information content (AvgIpc) is 2.09. The Balaban J connectivity index is 2.39. The van der Waals surface area contributed by atoms with Crippen LogP contribution in [0.3, 0.4) is 0 Å². The number of halogens is 3. The van der Waals surface area contributed by atoms with Crippen molar-refractivity contribution in [2.75, 3.05) is 11.9 Å². The van der Waals surface area contributed by atoms with E-state index in [0.717, 1.165) is 0 Å². The van der Waals surface area contributed by atoms with Crippen molar-refractivity contribution in [3.63, 3.8) is 0 Å². The summed E-state index contributed by atoms with van der Waals surface area (Å²) in [4.78, 5) is 0. The number of hydrogen-bond donors (Lipinski definition) is 1. The standard InChI is InChI=1S/C9H15BrF2O/c10-5-8(6-13)7-1-3-9(11,12)4-2-7/h7-8,13H,1-6H2. The molecule has 0 amide bonds. The highest BCUT2D eigenvalue weighted by Crippen LogP contribution is 2.39. The first kappa shape index (κ1) is 11.4. The fourth-order valence-corrected chi connectivity index (χ4v) is 2.59. The van der Waals surface area contributed by atoms with E-state index in [2.05, 4.69) is 15.9 Å². The summed E-state index contributed by atoms with van der Waals surface area (Å²) in [5.74, 6) is -2.04. The Labute approximate surface area is 85.6 Å². The fourth-order valence-electron chi connectivity index (χ4n) is 1.86. The third-order valence-corrected chi connectivity index (χ3v) is 3.69. The van der Waals surface area contributed by atoms with Crippen molar-refractivity contribution in [1.82, 2.24) is 0 Å². The van der Waals surface area contributed by atoms with Crippen LogP contribution in [-0.2, 0) is 0 Å². The Kier molecular flexibility index (Phi) is 4.10. The van der Waals surface area contributed by atoms with Gasteiger partial charge in [0.1, 0.15) is 0 Å². The number of aliphatic hydroxyl groups excluding tert-OH is 1. The maximum atomic E-state index is 12.8. The van der Waals surface area contributed by atoms with Crippen LogP contribution in [0.1, 0.15) is 25.7 Å². The van der Waals surface area contributed by atoms with Gasteiger partial charge >= 0.3 is 0 Å². The minimum atomic E-state index is -2.46. The Morgan fingerprint density at radius 2 is 1.92 bits per heavy atom. The molecule has 78 valence electrons. The largest absolute Gasteiger partial charge is 0.396 e. The third-order valence-electron chi connectivity index (χ3n) is 2.86. The topological polar surface area (TPSA) is 20.2 Å². The first-order valence-corrected chi connectivity index (χ1v) is 5.76. The summed E-state index contributed by atoms with van der Waals surface area (Å²) in [7, 11) is 0. The zero-order valence-electron chi connectivity index (χ0n) is 7.48. The van der Waals surface area contributed by atoms with E-state index in [0.29, 0.717) is 18.2 Å². The van der Waals surface area contributed by atoms with Gasteiger partial charge in [0.15, 0.2) is 0 Å². The van der Waals surface area contributed by atoms with Gasteiger partial charge < -0.3 is 5.11 Å². The van der Waals surface area contributed by atoms with Gasteiger partial charge in [0.25, 0.3) is 0 Å². The first-order valence-electron chi connectivity index (χ1n) is 4.63. The van der Waals surface area contributed by atoms with Crippen LogP contribution in [0.5, 0.6) is 0 Å². The molecule has 1 atom stereocenters. The van der Waals surface area contributed by atoms with Crippen molar-refractivity contribution in [1.29, 1.82) is 0 Å². The zero-order chi connectivity index (χ0) is 9.90. The Bertz CT molecular complexity index is 150. The molecule has 0 aromatic carbocycles. The van der Waals surface area contributed by atoms with Gasteiger partial charge in [-0.15, -0.1) is 0 Å². The van der Waals surface area contributed by atoms with E-state index >= 15 is 0 Å². The number of alkyl halides is 3. The lowest BCUT2D eigenvalue weighted by Crippen LogP contribution is -2.30. The van der Waals surface area contributed by atoms with Crippen molar-refractivity contribution in [3.8, 4) is 0 Å². The average molecular weight is 257 g/mol. The smallest absolute Gasteiger partial charge is 0.248 e. The minimum absolute atomic E-state index is 0.0127. The number of hydrogen-bond acceptors (Lipinski definition) is 1. The van der Waals surface area contributed by atoms with Crippen LogP contribution in [0, 0.1) is 11.8 Å². The molecule has 13 heavy (non-hydrogen) atoms. The summed E-state index contributed by atoms with van der Waals surface area (Å²) in [5, 5.41) is 9.70. The van der Waals surface area contributed by atoms with Gasteiger partial charge in [0.2, 0.25) is 5.92 Å². The van der Waals surface area contributed by atoms with Crippen molar-refractivity contribution in [2.45, 2.75) is 31.6 Å². The highest BCUT2D eigenvalue weighted by molar-refractivity contribution is 9.09. The SMILES string of the molecule is OCC(CBr)C1CCC(F)(F)CC1. The predicted molar refractivity (Wildman–Crippen MR) is 51.3 cm³/mol. The Morgan fingerprint density at radius 1 is 1.38 bits per heavy atom. The molecule has 1 aliphatic carbocycles. The van der Waals surface area contributed by atoms with E-state index in [1.165, 1.54) is 0 Å². The maximum absolute atomic E-state index is 12.8. The highest BCUT2D eigenvalue weighted by Gasteiger charge is 2.36. The molecule has 1 fully saturated rings. The van der Waals surface area contributed by atoms with Crippen molar-refractivity contribution in [3.05, 3.63) is 0 Å². The summed E-state index contributed by atoms with van der Waals surface area (Å²) >= 11 is 3.29. The summed E-state index contributed by atoms with van der Waals surface area (Å²) < 4.78 is 25.5. The summed E-state index contributed by atoms with van der Waals surface area (Å²) in [6.45, 7) is 0.0987. The molecule has 0 aliphatic heterocycles. The van der Waals surface area contributed by atoms with Crippen molar-refractivity contribution < 1.29 is 13.9 Å². The quantitative estimate of drug-likeness (QED) is 0.771. The van der Waals surface area contributed by atoms with Crippen molar-refractivity contribution >= 4 is 15.9 Å². The second-order valence-corrected chi connectivity index (χ2v) is 4.44. The maximum Gasteiger partial charge on any atom is 0.248 e. The molecule has 1 N–H and O–H groups in total. The van der Waals surface area contributed by atoms with Gasteiger partial charge in [-0.3, -0.25) is 0 Å². The Morgan fingerprint density at radius 3 is 2.31 bits per heavy atom. The lowest BCUT2D eigenvalue weighted by atomic mass is 9.80. The van der Waals surface area contributed by atoms with E-state index in [9.17, 15) is 8.78 Å². The van der Waals surface area contributed by atoms with E-state index in [4.69, 9.17) is 5.11 Å². The second kappa shape index (κ2) is 4.69. The van der Waals surface area contributed by atoms with Crippen LogP contribution in [0.25, 0.3) is 0 Å². The molecule has 0 aromatic heterocycles. The fraction of sp³-hybridized carbons (Fsp3) is 1.00. The predicted octanol–water partition coefficient (Wildman–Crippen LogP) is 2.82. The molecule has 1 aliphatic rings. The van der Waals surface area contributed by atoms with Gasteiger partial charge in [0, 0.05) is 24.8 Å². The molecule has 1 saturated carbocycles. The molecule has 1 nitrogen and oxygen atoms in total. The molecule has 1 unspecified atom stereocenters. The second-order valence-electron chi connectivity index (χ2n) is 3.79. The molecular formula is C9H15BrF2O. The van der Waals surface area contributed by atoms with Crippen LogP contribution in [-0.4, -0.2) is 23.0 Å². The number of aliphatic hydroxyl groups is 1. The molecule has 4 heteroatoms. The number of rotatable bonds is 3. The normalized spacial score (nSPS) is 25.8. The van der Waals surface area contributed by atoms with E-state index in [1.54, 1.807) is 0 Å². The third kappa shape index (κ3) is 3.17.